The number of rotatable bonds is 0. The maximum atomic E-state index is 11.1. The number of ether oxygens (including phenoxy) is 3. The first-order valence-electron chi connectivity index (χ1n) is 3.32. The summed E-state index contributed by atoms with van der Waals surface area (Å²) in [5.74, 6) is 0.0544. The molecule has 10 heavy (non-hydrogen) atoms. The first-order chi connectivity index (χ1) is 4.86. The summed E-state index contributed by atoms with van der Waals surface area (Å²) in [4.78, 5) is 11.1. The van der Waals surface area contributed by atoms with E-state index in [4.69, 9.17) is 14.2 Å². The Balaban J connectivity index is 1.98. The van der Waals surface area contributed by atoms with Crippen LogP contribution >= 0.6 is 0 Å². The highest BCUT2D eigenvalue weighted by atomic mass is 16.8. The van der Waals surface area contributed by atoms with Gasteiger partial charge in [-0.1, -0.05) is 0 Å². The summed E-state index contributed by atoms with van der Waals surface area (Å²) >= 11 is 0. The fourth-order valence-electron chi connectivity index (χ4n) is 1.49. The Morgan fingerprint density at radius 3 is 3.20 bits per heavy atom. The highest BCUT2D eigenvalue weighted by molar-refractivity contribution is 5.91. The topological polar surface area (TPSA) is 48.1 Å². The summed E-state index contributed by atoms with van der Waals surface area (Å²) in [6.07, 6.45) is -0.890. The summed E-state index contributed by atoms with van der Waals surface area (Å²) in [5.41, 5.74) is 0. The van der Waals surface area contributed by atoms with Crippen molar-refractivity contribution in [2.45, 2.75) is 24.6 Å². The zero-order valence-electron chi connectivity index (χ0n) is 5.15. The minimum atomic E-state index is -0.339. The van der Waals surface area contributed by atoms with Crippen LogP contribution in [0.25, 0.3) is 0 Å². The number of ketones is 1. The Labute approximate surface area is 57.0 Å². The van der Waals surface area contributed by atoms with Gasteiger partial charge in [0.25, 0.3) is 0 Å². The van der Waals surface area contributed by atoms with Crippen molar-refractivity contribution in [1.29, 1.82) is 0 Å². The van der Waals surface area contributed by atoms with E-state index in [1.54, 1.807) is 0 Å². The molecule has 3 aliphatic rings. The molecule has 3 rings (SSSR count). The van der Waals surface area contributed by atoms with Crippen LogP contribution in [0.3, 0.4) is 0 Å². The maximum Gasteiger partial charge on any atom is 0.195 e. The standard InChI is InChI=1S/C6H6O4/c7-3-2-1-8-6(9-2)5-4(3)10-5/h2,4-6H,1H2. The van der Waals surface area contributed by atoms with Crippen molar-refractivity contribution >= 4 is 5.78 Å². The van der Waals surface area contributed by atoms with Gasteiger partial charge < -0.3 is 14.2 Å². The van der Waals surface area contributed by atoms with Gasteiger partial charge in [0.15, 0.2) is 18.2 Å². The number of carbonyl (C=O) groups excluding carboxylic acids is 1. The Bertz CT molecular complexity index is 202. The van der Waals surface area contributed by atoms with Gasteiger partial charge in [-0.2, -0.15) is 0 Å². The van der Waals surface area contributed by atoms with E-state index in [2.05, 4.69) is 0 Å². The molecule has 3 fully saturated rings. The van der Waals surface area contributed by atoms with E-state index in [0.717, 1.165) is 0 Å². The molecule has 0 saturated carbocycles. The lowest BCUT2D eigenvalue weighted by molar-refractivity contribution is -0.136. The number of carbonyl (C=O) groups is 1. The Morgan fingerprint density at radius 2 is 2.30 bits per heavy atom. The molecule has 4 unspecified atom stereocenters. The zero-order valence-corrected chi connectivity index (χ0v) is 5.15. The molecule has 0 spiro atoms. The van der Waals surface area contributed by atoms with Crippen LogP contribution in [0.1, 0.15) is 0 Å². The van der Waals surface area contributed by atoms with Gasteiger partial charge in [0, 0.05) is 0 Å². The van der Waals surface area contributed by atoms with E-state index in [9.17, 15) is 4.79 Å². The number of Topliss-reactive ketones (excluding diaryl/α,β-unsaturated/α-hetero) is 1. The quantitative estimate of drug-likeness (QED) is 0.410. The van der Waals surface area contributed by atoms with Crippen molar-refractivity contribution in [3.05, 3.63) is 0 Å². The second-order valence-electron chi connectivity index (χ2n) is 2.75. The van der Waals surface area contributed by atoms with Crippen LogP contribution in [0.15, 0.2) is 0 Å². The van der Waals surface area contributed by atoms with Crippen molar-refractivity contribution in [2.24, 2.45) is 0 Å². The van der Waals surface area contributed by atoms with E-state index in [-0.39, 0.29) is 30.4 Å². The van der Waals surface area contributed by atoms with Gasteiger partial charge >= 0.3 is 0 Å². The lowest BCUT2D eigenvalue weighted by Gasteiger charge is -2.11. The fourth-order valence-corrected chi connectivity index (χ4v) is 1.49. The van der Waals surface area contributed by atoms with Crippen LogP contribution in [0.2, 0.25) is 0 Å². The molecule has 0 aromatic carbocycles. The van der Waals surface area contributed by atoms with Gasteiger partial charge in [-0.15, -0.1) is 0 Å². The normalized spacial score (nSPS) is 56.6. The van der Waals surface area contributed by atoms with Crippen LogP contribution in [0.4, 0.5) is 0 Å². The lowest BCUT2D eigenvalue weighted by Crippen LogP contribution is -2.35. The number of hydrogen-bond acceptors (Lipinski definition) is 4. The molecule has 3 saturated heterocycles. The van der Waals surface area contributed by atoms with Gasteiger partial charge in [0.1, 0.15) is 12.2 Å². The van der Waals surface area contributed by atoms with Gasteiger partial charge in [-0.3, -0.25) is 4.79 Å². The van der Waals surface area contributed by atoms with Crippen LogP contribution in [0, 0.1) is 0 Å². The highest BCUT2D eigenvalue weighted by Gasteiger charge is 2.61. The fraction of sp³-hybridized carbons (Fsp3) is 0.833. The monoisotopic (exact) mass is 142 g/mol. The molecule has 3 aliphatic heterocycles. The molecule has 4 heteroatoms. The minimum Gasteiger partial charge on any atom is -0.356 e. The van der Waals surface area contributed by atoms with Crippen molar-refractivity contribution in [1.82, 2.24) is 0 Å². The SMILES string of the molecule is O=C1C2COC(O2)C2OC12. The van der Waals surface area contributed by atoms with Crippen LogP contribution in [0.5, 0.6) is 0 Å². The zero-order chi connectivity index (χ0) is 6.72. The van der Waals surface area contributed by atoms with Gasteiger partial charge in [0.05, 0.1) is 6.61 Å². The number of epoxide rings is 1. The van der Waals surface area contributed by atoms with Crippen molar-refractivity contribution < 1.29 is 19.0 Å². The van der Waals surface area contributed by atoms with Crippen molar-refractivity contribution in [2.75, 3.05) is 6.61 Å². The molecule has 4 nitrogen and oxygen atoms in total. The second-order valence-corrected chi connectivity index (χ2v) is 2.75. The highest BCUT2D eigenvalue weighted by Crippen LogP contribution is 2.38. The van der Waals surface area contributed by atoms with Crippen molar-refractivity contribution in [3.63, 3.8) is 0 Å². The summed E-state index contributed by atoms with van der Waals surface area (Å²) in [5, 5.41) is 0. The minimum absolute atomic E-state index is 0.0544. The third kappa shape index (κ3) is 0.460. The van der Waals surface area contributed by atoms with Crippen molar-refractivity contribution in [3.8, 4) is 0 Å². The maximum absolute atomic E-state index is 11.1. The van der Waals surface area contributed by atoms with E-state index < -0.39 is 0 Å². The molecule has 0 N–H and O–H groups in total. The predicted molar refractivity (Wildman–Crippen MR) is 28.3 cm³/mol. The molecule has 54 valence electrons. The first kappa shape index (κ1) is 5.23. The Kier molecular flexibility index (Phi) is 0.741. The molecule has 0 aliphatic carbocycles. The third-order valence-corrected chi connectivity index (χ3v) is 2.10. The second kappa shape index (κ2) is 1.42. The molecule has 3 heterocycles. The average Bonchev–Trinajstić information content (AvgIpc) is 2.61. The molecule has 0 radical (unpaired) electrons. The molecule has 0 aromatic heterocycles. The number of hydrogen-bond donors (Lipinski definition) is 0. The lowest BCUT2D eigenvalue weighted by atomic mass is 10.1. The average molecular weight is 142 g/mol. The van der Waals surface area contributed by atoms with Crippen LogP contribution in [-0.4, -0.2) is 37.0 Å². The van der Waals surface area contributed by atoms with Crippen LogP contribution in [-0.2, 0) is 19.0 Å². The van der Waals surface area contributed by atoms with E-state index in [0.29, 0.717) is 6.61 Å². The van der Waals surface area contributed by atoms with E-state index >= 15 is 0 Å². The molecular formula is C6H6O4. The Hall–Kier alpha value is -0.450. The van der Waals surface area contributed by atoms with E-state index in [1.165, 1.54) is 0 Å². The van der Waals surface area contributed by atoms with Gasteiger partial charge in [-0.05, 0) is 0 Å². The predicted octanol–water partition coefficient (Wildman–Crippen LogP) is -0.922. The third-order valence-electron chi connectivity index (χ3n) is 2.10. The molecule has 0 aromatic rings. The molecule has 2 bridgehead atoms. The molecule has 0 amide bonds. The van der Waals surface area contributed by atoms with E-state index in [1.807, 2.05) is 0 Å². The summed E-state index contributed by atoms with van der Waals surface area (Å²) in [6.45, 7) is 0.417. The summed E-state index contributed by atoms with van der Waals surface area (Å²) in [6, 6.07) is 0. The summed E-state index contributed by atoms with van der Waals surface area (Å²) in [7, 11) is 0. The largest absolute Gasteiger partial charge is 0.356 e. The Morgan fingerprint density at radius 1 is 1.40 bits per heavy atom. The van der Waals surface area contributed by atoms with Crippen LogP contribution < -0.4 is 0 Å². The first-order valence-corrected chi connectivity index (χ1v) is 3.32. The summed E-state index contributed by atoms with van der Waals surface area (Å²) < 4.78 is 15.3. The van der Waals surface area contributed by atoms with Gasteiger partial charge in [0.2, 0.25) is 0 Å². The molecular weight excluding hydrogens is 136 g/mol. The number of fused-ring (bicyclic) bond motifs is 4. The van der Waals surface area contributed by atoms with Gasteiger partial charge in [-0.25, -0.2) is 0 Å². The molecule has 4 atom stereocenters. The smallest absolute Gasteiger partial charge is 0.195 e.